The third kappa shape index (κ3) is 3.67. The Morgan fingerprint density at radius 3 is 2.52 bits per heavy atom. The fraction of sp³-hybridized carbons (Fsp3) is 0.227. The SMILES string of the molecule is CCc1ccc(-n2cc(C(=O)N3CC=C(c4ccccc4)CC3)nn2)cc1. The van der Waals surface area contributed by atoms with Crippen LogP contribution >= 0.6 is 0 Å². The summed E-state index contributed by atoms with van der Waals surface area (Å²) in [6, 6.07) is 18.4. The molecular formula is C22H22N4O. The number of benzene rings is 2. The molecule has 0 spiro atoms. The van der Waals surface area contributed by atoms with Gasteiger partial charge >= 0.3 is 0 Å². The lowest BCUT2D eigenvalue weighted by Crippen LogP contribution is -2.34. The van der Waals surface area contributed by atoms with Gasteiger partial charge in [-0.05, 0) is 41.7 Å². The number of aromatic nitrogens is 3. The van der Waals surface area contributed by atoms with Gasteiger partial charge in [0.15, 0.2) is 5.69 Å². The third-order valence-electron chi connectivity index (χ3n) is 4.96. The van der Waals surface area contributed by atoms with Crippen LogP contribution in [0.4, 0.5) is 0 Å². The molecule has 5 heteroatoms. The molecule has 5 nitrogen and oxygen atoms in total. The van der Waals surface area contributed by atoms with Gasteiger partial charge in [-0.3, -0.25) is 4.79 Å². The maximum Gasteiger partial charge on any atom is 0.276 e. The van der Waals surface area contributed by atoms with Gasteiger partial charge in [-0.15, -0.1) is 5.10 Å². The fourth-order valence-electron chi connectivity index (χ4n) is 3.30. The van der Waals surface area contributed by atoms with Crippen LogP contribution in [-0.2, 0) is 6.42 Å². The first-order chi connectivity index (χ1) is 13.2. The normalized spacial score (nSPS) is 14.1. The largest absolute Gasteiger partial charge is 0.333 e. The van der Waals surface area contributed by atoms with Crippen molar-refractivity contribution in [3.05, 3.63) is 83.7 Å². The lowest BCUT2D eigenvalue weighted by molar-refractivity contribution is 0.0767. The van der Waals surface area contributed by atoms with Crippen molar-refractivity contribution in [1.82, 2.24) is 19.9 Å². The monoisotopic (exact) mass is 358 g/mol. The van der Waals surface area contributed by atoms with Crippen molar-refractivity contribution in [3.8, 4) is 5.69 Å². The lowest BCUT2D eigenvalue weighted by Gasteiger charge is -2.25. The Hall–Kier alpha value is -3.21. The summed E-state index contributed by atoms with van der Waals surface area (Å²) in [5, 5.41) is 8.21. The van der Waals surface area contributed by atoms with Crippen LogP contribution in [0, 0.1) is 0 Å². The fourth-order valence-corrected chi connectivity index (χ4v) is 3.30. The van der Waals surface area contributed by atoms with E-state index in [1.54, 1.807) is 10.9 Å². The van der Waals surface area contributed by atoms with Crippen molar-refractivity contribution in [2.45, 2.75) is 19.8 Å². The molecule has 0 saturated heterocycles. The summed E-state index contributed by atoms with van der Waals surface area (Å²) in [7, 11) is 0. The molecule has 136 valence electrons. The number of aryl methyl sites for hydroxylation is 1. The van der Waals surface area contributed by atoms with Gasteiger partial charge in [0.05, 0.1) is 11.9 Å². The zero-order valence-corrected chi connectivity index (χ0v) is 15.4. The maximum atomic E-state index is 12.8. The Bertz CT molecular complexity index is 957. The van der Waals surface area contributed by atoms with Crippen molar-refractivity contribution in [2.24, 2.45) is 0 Å². The molecule has 1 amide bonds. The lowest BCUT2D eigenvalue weighted by atomic mass is 9.99. The molecular weight excluding hydrogens is 336 g/mol. The predicted octanol–water partition coefficient (Wildman–Crippen LogP) is 3.76. The van der Waals surface area contributed by atoms with Gasteiger partial charge in [0, 0.05) is 13.1 Å². The summed E-state index contributed by atoms with van der Waals surface area (Å²) in [5.74, 6) is -0.0743. The van der Waals surface area contributed by atoms with Gasteiger partial charge in [-0.2, -0.15) is 0 Å². The number of amides is 1. The number of hydrogen-bond donors (Lipinski definition) is 0. The van der Waals surface area contributed by atoms with E-state index in [1.807, 2.05) is 35.2 Å². The first kappa shape index (κ1) is 17.2. The van der Waals surface area contributed by atoms with E-state index in [4.69, 9.17) is 0 Å². The zero-order chi connectivity index (χ0) is 18.6. The quantitative estimate of drug-likeness (QED) is 0.713. The Kier molecular flexibility index (Phi) is 4.83. The second kappa shape index (κ2) is 7.58. The molecule has 1 aliphatic rings. The molecule has 1 aromatic heterocycles. The highest BCUT2D eigenvalue weighted by Gasteiger charge is 2.22. The van der Waals surface area contributed by atoms with Gasteiger partial charge in [0.2, 0.25) is 0 Å². The molecule has 0 aliphatic carbocycles. The molecule has 0 bridgehead atoms. The molecule has 0 saturated carbocycles. The van der Waals surface area contributed by atoms with E-state index >= 15 is 0 Å². The van der Waals surface area contributed by atoms with Crippen molar-refractivity contribution in [3.63, 3.8) is 0 Å². The van der Waals surface area contributed by atoms with Crippen LogP contribution in [0.15, 0.2) is 66.9 Å². The van der Waals surface area contributed by atoms with Crippen molar-refractivity contribution in [2.75, 3.05) is 13.1 Å². The molecule has 0 atom stereocenters. The number of nitrogens with zero attached hydrogens (tertiary/aromatic N) is 4. The maximum absolute atomic E-state index is 12.8. The minimum Gasteiger partial charge on any atom is -0.333 e. The van der Waals surface area contributed by atoms with E-state index in [9.17, 15) is 4.79 Å². The Morgan fingerprint density at radius 1 is 1.07 bits per heavy atom. The van der Waals surface area contributed by atoms with Crippen molar-refractivity contribution < 1.29 is 4.79 Å². The van der Waals surface area contributed by atoms with Gasteiger partial charge in [0.25, 0.3) is 5.91 Å². The van der Waals surface area contributed by atoms with Gasteiger partial charge < -0.3 is 4.90 Å². The van der Waals surface area contributed by atoms with Crippen LogP contribution in [-0.4, -0.2) is 38.9 Å². The molecule has 27 heavy (non-hydrogen) atoms. The smallest absolute Gasteiger partial charge is 0.276 e. The zero-order valence-electron chi connectivity index (χ0n) is 15.4. The first-order valence-corrected chi connectivity index (χ1v) is 9.30. The van der Waals surface area contributed by atoms with Gasteiger partial charge in [0.1, 0.15) is 0 Å². The average Bonchev–Trinajstić information content (AvgIpc) is 3.24. The van der Waals surface area contributed by atoms with Crippen molar-refractivity contribution in [1.29, 1.82) is 0 Å². The molecule has 3 aromatic rings. The molecule has 0 unspecified atom stereocenters. The highest BCUT2D eigenvalue weighted by molar-refractivity contribution is 5.92. The standard InChI is InChI=1S/C22H22N4O/c1-2-17-8-10-20(11-9-17)26-16-21(23-24-26)22(27)25-14-12-19(13-15-25)18-6-4-3-5-7-18/h3-12,16H,2,13-15H2,1H3. The Labute approximate surface area is 158 Å². The first-order valence-electron chi connectivity index (χ1n) is 9.30. The second-order valence-corrected chi connectivity index (χ2v) is 6.66. The van der Waals surface area contributed by atoms with Gasteiger partial charge in [-0.25, -0.2) is 4.68 Å². The van der Waals surface area contributed by atoms with Gasteiger partial charge in [-0.1, -0.05) is 60.7 Å². The molecule has 2 heterocycles. The molecule has 4 rings (SSSR count). The van der Waals surface area contributed by atoms with Crippen LogP contribution in [0.2, 0.25) is 0 Å². The van der Waals surface area contributed by atoms with Crippen molar-refractivity contribution >= 4 is 11.5 Å². The summed E-state index contributed by atoms with van der Waals surface area (Å²) in [4.78, 5) is 14.6. The average molecular weight is 358 g/mol. The topological polar surface area (TPSA) is 51.0 Å². The third-order valence-corrected chi connectivity index (χ3v) is 4.96. The van der Waals surface area contributed by atoms with E-state index in [0.29, 0.717) is 18.8 Å². The summed E-state index contributed by atoms with van der Waals surface area (Å²) >= 11 is 0. The highest BCUT2D eigenvalue weighted by atomic mass is 16.2. The Morgan fingerprint density at radius 2 is 1.85 bits per heavy atom. The number of carbonyl (C=O) groups is 1. The Balaban J connectivity index is 1.46. The van der Waals surface area contributed by atoms with E-state index in [1.165, 1.54) is 16.7 Å². The number of rotatable bonds is 4. The minimum absolute atomic E-state index is 0.0743. The molecule has 1 aliphatic heterocycles. The number of hydrogen-bond acceptors (Lipinski definition) is 3. The van der Waals surface area contributed by atoms with Crippen LogP contribution in [0.3, 0.4) is 0 Å². The van der Waals surface area contributed by atoms with Crippen LogP contribution in [0.25, 0.3) is 11.3 Å². The number of carbonyl (C=O) groups excluding carboxylic acids is 1. The van der Waals surface area contributed by atoms with E-state index in [0.717, 1.165) is 18.5 Å². The van der Waals surface area contributed by atoms with Crippen LogP contribution < -0.4 is 0 Å². The minimum atomic E-state index is -0.0743. The van der Waals surface area contributed by atoms with E-state index in [-0.39, 0.29) is 5.91 Å². The summed E-state index contributed by atoms with van der Waals surface area (Å²) < 4.78 is 1.65. The summed E-state index contributed by atoms with van der Waals surface area (Å²) in [5.41, 5.74) is 5.07. The summed E-state index contributed by atoms with van der Waals surface area (Å²) in [6.45, 7) is 3.41. The second-order valence-electron chi connectivity index (χ2n) is 6.66. The molecule has 0 N–H and O–H groups in total. The van der Waals surface area contributed by atoms with Crippen LogP contribution in [0.5, 0.6) is 0 Å². The summed E-state index contributed by atoms with van der Waals surface area (Å²) in [6.07, 6.45) is 5.68. The predicted molar refractivity (Wildman–Crippen MR) is 106 cm³/mol. The van der Waals surface area contributed by atoms with E-state index in [2.05, 4.69) is 47.6 Å². The van der Waals surface area contributed by atoms with E-state index < -0.39 is 0 Å². The molecule has 0 radical (unpaired) electrons. The molecule has 2 aromatic carbocycles. The highest BCUT2D eigenvalue weighted by Crippen LogP contribution is 2.22. The van der Waals surface area contributed by atoms with Crippen LogP contribution in [0.1, 0.15) is 35.0 Å². The molecule has 0 fully saturated rings.